The number of pyridine rings is 1. The predicted molar refractivity (Wildman–Crippen MR) is 79.7 cm³/mol. The molecule has 0 radical (unpaired) electrons. The highest BCUT2D eigenvalue weighted by Crippen LogP contribution is 2.23. The lowest BCUT2D eigenvalue weighted by molar-refractivity contribution is 0.0479. The van der Waals surface area contributed by atoms with Crippen molar-refractivity contribution < 1.29 is 4.79 Å². The van der Waals surface area contributed by atoms with Gasteiger partial charge < -0.3 is 10.2 Å². The third kappa shape index (κ3) is 2.16. The van der Waals surface area contributed by atoms with Gasteiger partial charge in [0.05, 0.1) is 16.6 Å². The first kappa shape index (κ1) is 13.1. The molecule has 0 saturated carbocycles. The molecular formula is C16H19N3O. The van der Waals surface area contributed by atoms with Gasteiger partial charge >= 0.3 is 0 Å². The molecule has 2 heterocycles. The zero-order valence-electron chi connectivity index (χ0n) is 11.9. The first-order chi connectivity index (χ1) is 9.59. The van der Waals surface area contributed by atoms with Gasteiger partial charge in [-0.15, -0.1) is 0 Å². The number of carbonyl (C=O) groups is 1. The minimum Gasteiger partial charge on any atom is -0.331 e. The van der Waals surface area contributed by atoms with Gasteiger partial charge in [0.1, 0.15) is 0 Å². The highest BCUT2D eigenvalue weighted by atomic mass is 16.2. The quantitative estimate of drug-likeness (QED) is 0.862. The van der Waals surface area contributed by atoms with Crippen LogP contribution in [0.5, 0.6) is 0 Å². The lowest BCUT2D eigenvalue weighted by atomic mass is 9.98. The number of rotatable bonds is 1. The molecule has 4 nitrogen and oxygen atoms in total. The summed E-state index contributed by atoms with van der Waals surface area (Å²) < 4.78 is 0. The van der Waals surface area contributed by atoms with E-state index in [1.165, 1.54) is 0 Å². The van der Waals surface area contributed by atoms with E-state index in [2.05, 4.69) is 24.1 Å². The van der Waals surface area contributed by atoms with Crippen molar-refractivity contribution >= 4 is 16.8 Å². The van der Waals surface area contributed by atoms with Crippen LogP contribution in [0.15, 0.2) is 36.5 Å². The highest BCUT2D eigenvalue weighted by molar-refractivity contribution is 6.06. The minimum atomic E-state index is -0.167. The molecule has 1 N–H and O–H groups in total. The van der Waals surface area contributed by atoms with Crippen LogP contribution in [-0.4, -0.2) is 41.0 Å². The van der Waals surface area contributed by atoms with Gasteiger partial charge in [-0.3, -0.25) is 9.78 Å². The average molecular weight is 269 g/mol. The number of nitrogens with zero attached hydrogens (tertiary/aromatic N) is 2. The Hall–Kier alpha value is -1.94. The second kappa shape index (κ2) is 4.87. The fourth-order valence-electron chi connectivity index (χ4n) is 2.79. The number of para-hydroxylation sites is 1. The molecule has 104 valence electrons. The van der Waals surface area contributed by atoms with Crippen LogP contribution in [0.1, 0.15) is 24.2 Å². The van der Waals surface area contributed by atoms with Crippen molar-refractivity contribution in [1.29, 1.82) is 0 Å². The molecule has 20 heavy (non-hydrogen) atoms. The summed E-state index contributed by atoms with van der Waals surface area (Å²) in [4.78, 5) is 19.2. The van der Waals surface area contributed by atoms with E-state index in [-0.39, 0.29) is 11.4 Å². The molecule has 0 unspecified atom stereocenters. The molecule has 1 aromatic carbocycles. The largest absolute Gasteiger partial charge is 0.331 e. The van der Waals surface area contributed by atoms with E-state index in [4.69, 9.17) is 0 Å². The Labute approximate surface area is 118 Å². The van der Waals surface area contributed by atoms with E-state index in [9.17, 15) is 4.79 Å². The van der Waals surface area contributed by atoms with E-state index >= 15 is 0 Å². The number of fused-ring (bicyclic) bond motifs is 1. The number of benzene rings is 1. The standard InChI is InChI=1S/C16H19N3O/c1-16(2)11-17-9-10-19(16)15(20)13-7-8-18-14-6-4-3-5-12(13)14/h3-8,17H,9-11H2,1-2H3. The van der Waals surface area contributed by atoms with Crippen molar-refractivity contribution in [1.82, 2.24) is 15.2 Å². The number of hydrogen-bond acceptors (Lipinski definition) is 3. The monoisotopic (exact) mass is 269 g/mol. The maximum Gasteiger partial charge on any atom is 0.255 e. The Morgan fingerprint density at radius 1 is 1.30 bits per heavy atom. The number of nitrogens with one attached hydrogen (secondary N) is 1. The molecule has 0 spiro atoms. The average Bonchev–Trinajstić information content (AvgIpc) is 2.45. The molecule has 2 aromatic rings. The van der Waals surface area contributed by atoms with Crippen LogP contribution in [0.4, 0.5) is 0 Å². The maximum atomic E-state index is 12.9. The van der Waals surface area contributed by atoms with Crippen molar-refractivity contribution in [2.45, 2.75) is 19.4 Å². The van der Waals surface area contributed by atoms with Gasteiger partial charge in [0.15, 0.2) is 0 Å². The summed E-state index contributed by atoms with van der Waals surface area (Å²) in [7, 11) is 0. The minimum absolute atomic E-state index is 0.0927. The van der Waals surface area contributed by atoms with Crippen LogP contribution in [-0.2, 0) is 0 Å². The lowest BCUT2D eigenvalue weighted by Gasteiger charge is -2.43. The smallest absolute Gasteiger partial charge is 0.255 e. The van der Waals surface area contributed by atoms with Gasteiger partial charge in [0.2, 0.25) is 0 Å². The maximum absolute atomic E-state index is 12.9. The summed E-state index contributed by atoms with van der Waals surface area (Å²) in [5, 5.41) is 4.27. The summed E-state index contributed by atoms with van der Waals surface area (Å²) in [6.45, 7) is 6.60. The summed E-state index contributed by atoms with van der Waals surface area (Å²) in [5.41, 5.74) is 1.44. The van der Waals surface area contributed by atoms with E-state index in [0.29, 0.717) is 0 Å². The molecule has 1 aliphatic rings. The van der Waals surface area contributed by atoms with Crippen LogP contribution >= 0.6 is 0 Å². The van der Waals surface area contributed by atoms with E-state index in [1.807, 2.05) is 35.2 Å². The van der Waals surface area contributed by atoms with Gasteiger partial charge in [0.25, 0.3) is 5.91 Å². The number of aromatic nitrogens is 1. The fraction of sp³-hybridized carbons (Fsp3) is 0.375. The van der Waals surface area contributed by atoms with Crippen molar-refractivity contribution in [2.24, 2.45) is 0 Å². The lowest BCUT2D eigenvalue weighted by Crippen LogP contribution is -2.59. The van der Waals surface area contributed by atoms with Crippen LogP contribution in [0, 0.1) is 0 Å². The van der Waals surface area contributed by atoms with Crippen LogP contribution in [0.25, 0.3) is 10.9 Å². The van der Waals surface area contributed by atoms with Crippen LogP contribution < -0.4 is 5.32 Å². The molecule has 1 aromatic heterocycles. The van der Waals surface area contributed by atoms with Gasteiger partial charge in [-0.1, -0.05) is 18.2 Å². The number of carbonyl (C=O) groups excluding carboxylic acids is 1. The molecule has 0 aliphatic carbocycles. The molecule has 1 aliphatic heterocycles. The Balaban J connectivity index is 2.04. The second-order valence-corrected chi connectivity index (χ2v) is 5.82. The predicted octanol–water partition coefficient (Wildman–Crippen LogP) is 2.06. The van der Waals surface area contributed by atoms with Gasteiger partial charge in [-0.05, 0) is 26.0 Å². The Kier molecular flexibility index (Phi) is 3.18. The number of piperazine rings is 1. The number of amides is 1. The first-order valence-corrected chi connectivity index (χ1v) is 6.96. The van der Waals surface area contributed by atoms with Crippen LogP contribution in [0.3, 0.4) is 0 Å². The topological polar surface area (TPSA) is 45.2 Å². The summed E-state index contributed by atoms with van der Waals surface area (Å²) in [5.74, 6) is 0.0927. The Morgan fingerprint density at radius 3 is 2.90 bits per heavy atom. The zero-order valence-corrected chi connectivity index (χ0v) is 11.9. The first-order valence-electron chi connectivity index (χ1n) is 6.96. The molecule has 1 amide bonds. The molecule has 0 atom stereocenters. The van der Waals surface area contributed by atoms with Crippen molar-refractivity contribution in [3.05, 3.63) is 42.1 Å². The molecule has 0 bridgehead atoms. The SMILES string of the molecule is CC1(C)CNCCN1C(=O)c1ccnc2ccccc12. The summed E-state index contributed by atoms with van der Waals surface area (Å²) in [6, 6.07) is 9.62. The third-order valence-corrected chi connectivity index (χ3v) is 3.93. The van der Waals surface area contributed by atoms with Gasteiger partial charge in [0, 0.05) is 31.2 Å². The molecule has 1 saturated heterocycles. The number of hydrogen-bond donors (Lipinski definition) is 1. The van der Waals surface area contributed by atoms with E-state index in [1.54, 1.807) is 6.20 Å². The second-order valence-electron chi connectivity index (χ2n) is 5.82. The third-order valence-electron chi connectivity index (χ3n) is 3.93. The van der Waals surface area contributed by atoms with E-state index in [0.717, 1.165) is 36.1 Å². The van der Waals surface area contributed by atoms with Crippen molar-refractivity contribution in [3.63, 3.8) is 0 Å². The van der Waals surface area contributed by atoms with Crippen molar-refractivity contribution in [3.8, 4) is 0 Å². The zero-order chi connectivity index (χ0) is 14.2. The fourth-order valence-corrected chi connectivity index (χ4v) is 2.79. The normalized spacial score (nSPS) is 18.2. The Morgan fingerprint density at radius 2 is 2.10 bits per heavy atom. The van der Waals surface area contributed by atoms with Crippen LogP contribution in [0.2, 0.25) is 0 Å². The molecular weight excluding hydrogens is 250 g/mol. The summed E-state index contributed by atoms with van der Waals surface area (Å²) >= 11 is 0. The molecule has 4 heteroatoms. The molecule has 1 fully saturated rings. The van der Waals surface area contributed by atoms with Gasteiger partial charge in [-0.25, -0.2) is 0 Å². The molecule has 3 rings (SSSR count). The van der Waals surface area contributed by atoms with E-state index < -0.39 is 0 Å². The summed E-state index contributed by atoms with van der Waals surface area (Å²) in [6.07, 6.45) is 1.71. The van der Waals surface area contributed by atoms with Gasteiger partial charge in [-0.2, -0.15) is 0 Å². The van der Waals surface area contributed by atoms with Crippen molar-refractivity contribution in [2.75, 3.05) is 19.6 Å². The Bertz CT molecular complexity index is 646. The highest BCUT2D eigenvalue weighted by Gasteiger charge is 2.34.